The molecule has 0 bridgehead atoms. The van der Waals surface area contributed by atoms with Crippen molar-refractivity contribution in [3.63, 3.8) is 0 Å². The first-order valence-corrected chi connectivity index (χ1v) is 5.13. The Morgan fingerprint density at radius 2 is 1.93 bits per heavy atom. The molecule has 0 radical (unpaired) electrons. The number of amidine groups is 1. The van der Waals surface area contributed by atoms with Gasteiger partial charge in [0.05, 0.1) is 5.71 Å². The highest BCUT2D eigenvalue weighted by molar-refractivity contribution is 6.05. The van der Waals surface area contributed by atoms with Crippen LogP contribution in [0.25, 0.3) is 0 Å². The molecule has 0 saturated heterocycles. The summed E-state index contributed by atoms with van der Waals surface area (Å²) in [6.45, 7) is 4.18. The van der Waals surface area contributed by atoms with Gasteiger partial charge in [0.1, 0.15) is 5.84 Å². The molecule has 3 heteroatoms. The fourth-order valence-corrected chi connectivity index (χ4v) is 1.71. The van der Waals surface area contributed by atoms with Crippen molar-refractivity contribution < 1.29 is 0 Å². The molecule has 15 heavy (non-hydrogen) atoms. The number of hydrogen-bond acceptors (Lipinski definition) is 3. The van der Waals surface area contributed by atoms with Crippen LogP contribution in [0.2, 0.25) is 0 Å². The zero-order valence-corrected chi connectivity index (χ0v) is 9.12. The second kappa shape index (κ2) is 3.85. The summed E-state index contributed by atoms with van der Waals surface area (Å²) in [5.41, 5.74) is 10.3. The lowest BCUT2D eigenvalue weighted by molar-refractivity contribution is 1.02. The number of hydrogen-bond donors (Lipinski definition) is 1. The van der Waals surface area contributed by atoms with Gasteiger partial charge in [0.25, 0.3) is 0 Å². The maximum Gasteiger partial charge on any atom is 0.122 e. The molecule has 0 fully saturated rings. The lowest BCUT2D eigenvalue weighted by Crippen LogP contribution is -2.18. The summed E-state index contributed by atoms with van der Waals surface area (Å²) >= 11 is 0. The lowest BCUT2D eigenvalue weighted by atomic mass is 9.98. The van der Waals surface area contributed by atoms with Gasteiger partial charge in [0.2, 0.25) is 0 Å². The number of aryl methyl sites for hydroxylation is 2. The molecule has 0 aliphatic carbocycles. The number of nitrogens with two attached hydrogens (primary N) is 1. The van der Waals surface area contributed by atoms with E-state index in [-0.39, 0.29) is 0 Å². The van der Waals surface area contributed by atoms with Gasteiger partial charge in [-0.05, 0) is 31.9 Å². The van der Waals surface area contributed by atoms with E-state index >= 15 is 0 Å². The van der Waals surface area contributed by atoms with Gasteiger partial charge in [0, 0.05) is 12.0 Å². The maximum absolute atomic E-state index is 5.59. The molecule has 0 aromatic heterocycles. The van der Waals surface area contributed by atoms with E-state index in [2.05, 4.69) is 42.2 Å². The van der Waals surface area contributed by atoms with E-state index in [4.69, 9.17) is 5.73 Å². The fraction of sp³-hybridized carbons (Fsp3) is 0.333. The third kappa shape index (κ3) is 2.06. The van der Waals surface area contributed by atoms with Crippen LogP contribution in [0.15, 0.2) is 28.4 Å². The minimum atomic E-state index is 0.629. The van der Waals surface area contributed by atoms with Gasteiger partial charge in [-0.15, -0.1) is 5.10 Å². The molecule has 0 saturated carbocycles. The minimum Gasteiger partial charge on any atom is -0.386 e. The highest BCUT2D eigenvalue weighted by atomic mass is 15.2. The topological polar surface area (TPSA) is 50.7 Å². The van der Waals surface area contributed by atoms with Crippen molar-refractivity contribution >= 4 is 11.5 Å². The molecule has 1 aliphatic heterocycles. The highest BCUT2D eigenvalue weighted by Gasteiger charge is 2.11. The highest BCUT2D eigenvalue weighted by Crippen LogP contribution is 2.16. The molecule has 0 unspecified atom stereocenters. The summed E-state index contributed by atoms with van der Waals surface area (Å²) in [5.74, 6) is 0.629. The first-order valence-electron chi connectivity index (χ1n) is 5.13. The van der Waals surface area contributed by atoms with Crippen molar-refractivity contribution in [3.05, 3.63) is 34.9 Å². The molecule has 1 aromatic rings. The average Bonchev–Trinajstić information content (AvgIpc) is 2.23. The minimum absolute atomic E-state index is 0.629. The number of nitrogens with zero attached hydrogens (tertiary/aromatic N) is 2. The van der Waals surface area contributed by atoms with E-state index in [1.807, 2.05) is 0 Å². The zero-order valence-electron chi connectivity index (χ0n) is 9.12. The van der Waals surface area contributed by atoms with E-state index in [0.29, 0.717) is 5.84 Å². The second-order valence-electron chi connectivity index (χ2n) is 3.96. The molecule has 1 aliphatic rings. The van der Waals surface area contributed by atoms with Crippen LogP contribution in [0, 0.1) is 13.8 Å². The van der Waals surface area contributed by atoms with Crippen LogP contribution in [0.5, 0.6) is 0 Å². The standard InChI is InChI=1S/C12H15N3/c1-8-3-4-9(2)10(7-8)11-5-6-12(13)15-14-11/h3-4,7H,5-6H2,1-2H3,(H2,13,15). The summed E-state index contributed by atoms with van der Waals surface area (Å²) in [6.07, 6.45) is 1.70. The van der Waals surface area contributed by atoms with E-state index in [1.54, 1.807) is 0 Å². The molecule has 3 nitrogen and oxygen atoms in total. The van der Waals surface area contributed by atoms with Gasteiger partial charge >= 0.3 is 0 Å². The normalized spacial score (nSPS) is 15.9. The molecule has 2 rings (SSSR count). The van der Waals surface area contributed by atoms with Crippen molar-refractivity contribution in [2.24, 2.45) is 15.9 Å². The monoisotopic (exact) mass is 201 g/mol. The van der Waals surface area contributed by atoms with Crippen molar-refractivity contribution in [2.75, 3.05) is 0 Å². The summed E-state index contributed by atoms with van der Waals surface area (Å²) in [6, 6.07) is 6.39. The summed E-state index contributed by atoms with van der Waals surface area (Å²) in [5, 5.41) is 8.10. The fourth-order valence-electron chi connectivity index (χ4n) is 1.71. The van der Waals surface area contributed by atoms with Crippen molar-refractivity contribution in [1.29, 1.82) is 0 Å². The van der Waals surface area contributed by atoms with Gasteiger partial charge in [-0.1, -0.05) is 17.7 Å². The SMILES string of the molecule is Cc1ccc(C)c(C2=NN=C(N)CC2)c1. The first-order chi connectivity index (χ1) is 7.16. The number of rotatable bonds is 1. The van der Waals surface area contributed by atoms with Crippen molar-refractivity contribution in [1.82, 2.24) is 0 Å². The van der Waals surface area contributed by atoms with E-state index in [1.165, 1.54) is 16.7 Å². The van der Waals surface area contributed by atoms with Gasteiger partial charge in [-0.25, -0.2) is 0 Å². The third-order valence-corrected chi connectivity index (χ3v) is 2.62. The van der Waals surface area contributed by atoms with Crippen LogP contribution < -0.4 is 5.73 Å². The van der Waals surface area contributed by atoms with Gasteiger partial charge in [-0.3, -0.25) is 0 Å². The lowest BCUT2D eigenvalue weighted by Gasteiger charge is -2.12. The smallest absolute Gasteiger partial charge is 0.122 e. The Bertz CT molecular complexity index is 444. The second-order valence-corrected chi connectivity index (χ2v) is 3.96. The Hall–Kier alpha value is -1.64. The molecular weight excluding hydrogens is 186 g/mol. The Kier molecular flexibility index (Phi) is 2.54. The molecule has 78 valence electrons. The molecule has 0 amide bonds. The Balaban J connectivity index is 2.42. The van der Waals surface area contributed by atoms with Crippen molar-refractivity contribution in [2.45, 2.75) is 26.7 Å². The Morgan fingerprint density at radius 3 is 2.60 bits per heavy atom. The molecule has 2 N–H and O–H groups in total. The van der Waals surface area contributed by atoms with Crippen LogP contribution in [-0.2, 0) is 0 Å². The van der Waals surface area contributed by atoms with Gasteiger partial charge in [0.15, 0.2) is 0 Å². The molecule has 1 heterocycles. The van der Waals surface area contributed by atoms with Crippen LogP contribution in [0.1, 0.15) is 29.5 Å². The Labute approximate surface area is 89.7 Å². The van der Waals surface area contributed by atoms with E-state index < -0.39 is 0 Å². The van der Waals surface area contributed by atoms with Crippen LogP contribution in [0.3, 0.4) is 0 Å². The molecule has 1 aromatic carbocycles. The quantitative estimate of drug-likeness (QED) is 0.743. The van der Waals surface area contributed by atoms with E-state index in [0.717, 1.165) is 18.6 Å². The van der Waals surface area contributed by atoms with Gasteiger partial charge in [-0.2, -0.15) is 5.10 Å². The summed E-state index contributed by atoms with van der Waals surface area (Å²) < 4.78 is 0. The zero-order chi connectivity index (χ0) is 10.8. The van der Waals surface area contributed by atoms with Crippen molar-refractivity contribution in [3.8, 4) is 0 Å². The van der Waals surface area contributed by atoms with Gasteiger partial charge < -0.3 is 5.73 Å². The van der Waals surface area contributed by atoms with Crippen LogP contribution >= 0.6 is 0 Å². The maximum atomic E-state index is 5.59. The number of benzene rings is 1. The third-order valence-electron chi connectivity index (χ3n) is 2.62. The largest absolute Gasteiger partial charge is 0.386 e. The molecule has 0 atom stereocenters. The first kappa shape index (κ1) is 9.90. The van der Waals surface area contributed by atoms with E-state index in [9.17, 15) is 0 Å². The molecular formula is C12H15N3. The summed E-state index contributed by atoms with van der Waals surface area (Å²) in [4.78, 5) is 0. The predicted molar refractivity (Wildman–Crippen MR) is 63.3 cm³/mol. The van der Waals surface area contributed by atoms with Crippen LogP contribution in [0.4, 0.5) is 0 Å². The Morgan fingerprint density at radius 1 is 1.13 bits per heavy atom. The molecule has 0 spiro atoms. The summed E-state index contributed by atoms with van der Waals surface area (Å²) in [7, 11) is 0. The average molecular weight is 201 g/mol. The van der Waals surface area contributed by atoms with Crippen LogP contribution in [-0.4, -0.2) is 11.5 Å². The predicted octanol–water partition coefficient (Wildman–Crippen LogP) is 2.16.